The molecular formula is C103H114ClF3N16O13. The van der Waals surface area contributed by atoms with Gasteiger partial charge in [-0.2, -0.15) is 13.2 Å². The lowest BCUT2D eigenvalue weighted by Crippen LogP contribution is -2.32. The Kier molecular flexibility index (Phi) is 30.7. The molecule has 29 nitrogen and oxygen atoms in total. The zero-order valence-corrected chi connectivity index (χ0v) is 80.7. The number of rotatable bonds is 23. The normalized spacial score (nSPS) is 16.9. The summed E-state index contributed by atoms with van der Waals surface area (Å²) < 4.78 is 72.7. The Bertz CT molecular complexity index is 6630. The van der Waals surface area contributed by atoms with Crippen LogP contribution in [0.4, 0.5) is 47.4 Å². The highest BCUT2D eigenvalue weighted by Gasteiger charge is 2.42. The molecule has 6 aromatic carbocycles. The van der Waals surface area contributed by atoms with Gasteiger partial charge in [-0.3, -0.25) is 56.6 Å². The number of alkyl halides is 3. The first-order valence-corrected chi connectivity index (χ1v) is 45.4. The first-order chi connectivity index (χ1) is 64.8. The van der Waals surface area contributed by atoms with Crippen LogP contribution >= 0.6 is 11.6 Å². The molecule has 136 heavy (non-hydrogen) atoms. The fourth-order valence-electron chi connectivity index (χ4n) is 17.9. The fraction of sp³-hybridized carbons (Fsp3) is 0.359. The summed E-state index contributed by atoms with van der Waals surface area (Å²) in [5, 5.41) is 13.3. The van der Waals surface area contributed by atoms with E-state index in [4.69, 9.17) is 50.2 Å². The number of carbonyl (C=O) groups is 4. The van der Waals surface area contributed by atoms with Crippen LogP contribution in [0, 0.1) is 20.8 Å². The molecule has 0 saturated carbocycles. The molecule has 12 aromatic rings. The fourth-order valence-corrected chi connectivity index (χ4v) is 18.2. The third-order valence-electron chi connectivity index (χ3n) is 24.8. The van der Waals surface area contributed by atoms with Crippen LogP contribution < -0.4 is 58.0 Å². The van der Waals surface area contributed by atoms with Gasteiger partial charge >= 0.3 is 30.1 Å². The highest BCUT2D eigenvalue weighted by molar-refractivity contribution is 6.33. The van der Waals surface area contributed by atoms with Crippen LogP contribution in [0.2, 0.25) is 5.02 Å². The Morgan fingerprint density at radius 2 is 0.735 bits per heavy atom. The minimum Gasteiger partial charge on any atom is -0.481 e. The summed E-state index contributed by atoms with van der Waals surface area (Å²) >= 11 is 6.17. The number of halogens is 4. The van der Waals surface area contributed by atoms with Crippen molar-refractivity contribution in [3.05, 3.63) is 294 Å². The van der Waals surface area contributed by atoms with E-state index in [1.54, 1.807) is 49.7 Å². The largest absolute Gasteiger partial charge is 0.481 e. The summed E-state index contributed by atoms with van der Waals surface area (Å²) in [4.78, 5) is 133. The quantitative estimate of drug-likeness (QED) is 0.0341. The first kappa shape index (κ1) is 99.2. The first-order valence-electron chi connectivity index (χ1n) is 45.0. The number of aryl methyl sites for hydroxylation is 7. The molecule has 0 amide bonds. The van der Waals surface area contributed by atoms with Gasteiger partial charge in [-0.1, -0.05) is 136 Å². The second-order valence-corrected chi connectivity index (χ2v) is 34.8. The minimum absolute atomic E-state index is 0.149. The number of nitrogens with zero attached hydrogens (tertiary/aromatic N) is 12. The van der Waals surface area contributed by atoms with Crippen LogP contribution in [0.5, 0.6) is 5.88 Å². The Hall–Kier alpha value is -14.3. The number of ether oxygens (including phenoxy) is 5. The second-order valence-electron chi connectivity index (χ2n) is 34.4. The summed E-state index contributed by atoms with van der Waals surface area (Å²) in [6, 6.07) is 44.8. The van der Waals surface area contributed by atoms with Gasteiger partial charge in [0.15, 0.2) is 0 Å². The number of esters is 4. The number of nitrogens with one attached hydrogen (secondary N) is 4. The second kappa shape index (κ2) is 42.1. The van der Waals surface area contributed by atoms with Crippen molar-refractivity contribution < 1.29 is 56.0 Å². The molecule has 712 valence electrons. The Morgan fingerprint density at radius 1 is 0.419 bits per heavy atom. The molecule has 33 heteroatoms. The van der Waals surface area contributed by atoms with E-state index in [1.165, 1.54) is 49.9 Å². The molecule has 0 saturated heterocycles. The standard InChI is InChI=1S/C27H32N4O3.C26H31N5O3.C25H23ClF3N3O3.C25H28N4O4/c1-7-22-25(29-24-21-11-9-8-10-18(21)15-23(24)34-17(3)32)27(33)31(6)26(28-22)20-13-12-19(30(4)5)14-16(20)2;1-7-20-24(29-23-18-11-9-8-10-17(18)13-21(23)34-16(3)32)26(33)31(6)25(28-20)19-14-27-22(30(4)5)12-15(19)2;1-4-19-22(31-21-16-8-6-5-7-14(16)11-20(21)35-13(2)33)24(34)32(3)23(30-19)17-10-9-15(12-18(17)26)25(27,28)29;1-6-19-23(28-22-18-10-8-7-9-16(18)13-20(22)33-15(3)30)25(31)29(4)24(27-19)17-11-12-21(32-5)26-14(17)2/h8-14,23-24,29H,7,15H2,1-6H3;8-12,14,21,23,29H,7,13H2,1-6H3;5-10,12,20-21,31H,4,11H2,1-3H3;7-12,20,22,28H,6,13H2,1-5H3/t23-,24?;21-,23?;20-,21?;20-,22?/m0000/s1. The molecule has 0 spiro atoms. The lowest BCUT2D eigenvalue weighted by molar-refractivity contribution is -0.147. The van der Waals surface area contributed by atoms with Crippen LogP contribution in [0.1, 0.15) is 169 Å². The summed E-state index contributed by atoms with van der Waals surface area (Å²) in [6.45, 7) is 19.2. The van der Waals surface area contributed by atoms with Gasteiger partial charge < -0.3 is 54.8 Å². The van der Waals surface area contributed by atoms with Crippen molar-refractivity contribution in [2.75, 3.05) is 66.4 Å². The number of anilines is 6. The van der Waals surface area contributed by atoms with Gasteiger partial charge in [-0.25, -0.2) is 29.9 Å². The van der Waals surface area contributed by atoms with E-state index < -0.39 is 47.6 Å². The molecule has 6 aromatic heterocycles. The summed E-state index contributed by atoms with van der Waals surface area (Å²) in [7, 11) is 16.1. The summed E-state index contributed by atoms with van der Waals surface area (Å²) in [5.74, 6) is 1.80. The van der Waals surface area contributed by atoms with Crippen LogP contribution in [0.3, 0.4) is 0 Å². The van der Waals surface area contributed by atoms with Crippen molar-refractivity contribution in [3.8, 4) is 51.4 Å². The van der Waals surface area contributed by atoms with Gasteiger partial charge in [-0.05, 0) is 151 Å². The maximum Gasteiger partial charge on any atom is 0.416 e. The molecule has 0 aliphatic heterocycles. The van der Waals surface area contributed by atoms with Crippen molar-refractivity contribution in [2.24, 2.45) is 28.2 Å². The number of benzene rings is 6. The SMILES string of the molecule is CCc1nc(-c2ccc(C(F)(F)F)cc2Cl)n(C)c(=O)c1NC1c2ccccc2C[C@@H]1OC(C)=O.CCc1nc(-c2ccc(N(C)C)cc2C)n(C)c(=O)c1NC1c2ccccc2C[C@@H]1OC(C)=O.CCc1nc(-c2ccc(OC)nc2C)n(C)c(=O)c1NC1c2ccccc2C[C@@H]1OC(C)=O.CCc1nc(-c2cnc(N(C)C)cc2C)n(C)c(=O)c1NC1c2ccccc2C[C@@H]1OC(C)=O. The molecule has 0 radical (unpaired) electrons. The van der Waals surface area contributed by atoms with E-state index in [1.807, 2.05) is 208 Å². The number of hydrogen-bond donors (Lipinski definition) is 4. The van der Waals surface area contributed by atoms with Crippen molar-refractivity contribution in [1.82, 2.24) is 48.2 Å². The Balaban J connectivity index is 0.000000153. The van der Waals surface area contributed by atoms with Crippen molar-refractivity contribution >= 4 is 69.7 Å². The van der Waals surface area contributed by atoms with Gasteiger partial charge in [0.05, 0.1) is 70.3 Å². The number of carbonyl (C=O) groups excluding carboxylic acids is 4. The lowest BCUT2D eigenvalue weighted by atomic mass is 10.1. The molecule has 16 rings (SSSR count). The number of pyridine rings is 2. The van der Waals surface area contributed by atoms with E-state index in [2.05, 4.69) is 42.3 Å². The Morgan fingerprint density at radius 3 is 1.03 bits per heavy atom. The average molecular weight is 1880 g/mol. The molecular weight excluding hydrogens is 1760 g/mol. The smallest absolute Gasteiger partial charge is 0.416 e. The van der Waals surface area contributed by atoms with Gasteiger partial charge in [-0.15, -0.1) is 0 Å². The lowest BCUT2D eigenvalue weighted by Gasteiger charge is -2.24. The number of fused-ring (bicyclic) bond motifs is 4. The van der Waals surface area contributed by atoms with E-state index in [0.29, 0.717) is 115 Å². The highest BCUT2D eigenvalue weighted by atomic mass is 35.5. The van der Waals surface area contributed by atoms with Gasteiger partial charge in [0.2, 0.25) is 5.88 Å². The molecule has 4 aliphatic carbocycles. The number of hydrogen-bond acceptors (Lipinski definition) is 25. The minimum atomic E-state index is -4.54. The van der Waals surface area contributed by atoms with Gasteiger partial charge in [0, 0.05) is 150 Å². The number of methoxy groups -OCH3 is 1. The van der Waals surface area contributed by atoms with Crippen LogP contribution in [-0.4, -0.2) is 132 Å². The number of aromatic nitrogens is 10. The maximum atomic E-state index is 13.6. The predicted molar refractivity (Wildman–Crippen MR) is 520 cm³/mol. The predicted octanol–water partition coefficient (Wildman–Crippen LogP) is 16.1. The summed E-state index contributed by atoms with van der Waals surface area (Å²) in [6.07, 6.45) is -0.0715. The zero-order valence-electron chi connectivity index (χ0n) is 80.0. The summed E-state index contributed by atoms with van der Waals surface area (Å²) in [5.41, 5.74) is 17.0. The van der Waals surface area contributed by atoms with E-state index >= 15 is 0 Å². The molecule has 0 bridgehead atoms. The topological polar surface area (TPSA) is 334 Å². The van der Waals surface area contributed by atoms with E-state index in [0.717, 1.165) is 102 Å². The highest BCUT2D eigenvalue weighted by Crippen LogP contribution is 2.43. The van der Waals surface area contributed by atoms with Crippen molar-refractivity contribution in [2.45, 2.75) is 182 Å². The monoisotopic (exact) mass is 1870 g/mol. The van der Waals surface area contributed by atoms with E-state index in [9.17, 15) is 51.5 Å². The zero-order chi connectivity index (χ0) is 98.3. The third-order valence-corrected chi connectivity index (χ3v) is 25.1. The molecule has 4 unspecified atom stereocenters. The van der Waals surface area contributed by atoms with Crippen LogP contribution in [0.25, 0.3) is 45.6 Å². The van der Waals surface area contributed by atoms with Crippen LogP contribution in [-0.2, 0) is 124 Å². The maximum absolute atomic E-state index is 13.6. The van der Waals surface area contributed by atoms with Gasteiger partial charge in [0.1, 0.15) is 76.3 Å². The molecule has 6 heterocycles. The van der Waals surface area contributed by atoms with Crippen molar-refractivity contribution in [3.63, 3.8) is 0 Å². The van der Waals surface area contributed by atoms with E-state index in [-0.39, 0.29) is 80.9 Å². The molecule has 4 aliphatic rings. The van der Waals surface area contributed by atoms with Gasteiger partial charge in [0.25, 0.3) is 22.2 Å². The third kappa shape index (κ3) is 21.3. The Labute approximate surface area is 791 Å². The van der Waals surface area contributed by atoms with Crippen LogP contribution in [0.15, 0.2) is 177 Å². The molecule has 4 N–H and O–H groups in total. The molecule has 0 fully saturated rings. The average Bonchev–Trinajstić information content (AvgIpc) is 1.25. The molecule has 8 atom stereocenters. The van der Waals surface area contributed by atoms with Crippen molar-refractivity contribution in [1.29, 1.82) is 0 Å².